The molecule has 0 aliphatic rings. The van der Waals surface area contributed by atoms with Gasteiger partial charge in [0.1, 0.15) is 0 Å². The van der Waals surface area contributed by atoms with E-state index in [4.69, 9.17) is 15.0 Å². The van der Waals surface area contributed by atoms with E-state index in [2.05, 4.69) is 51.6 Å². The molecule has 0 unspecified atom stereocenters. The van der Waals surface area contributed by atoms with Gasteiger partial charge in [-0.15, -0.1) is 0 Å². The van der Waals surface area contributed by atoms with Crippen molar-refractivity contribution < 1.29 is 0 Å². The van der Waals surface area contributed by atoms with Gasteiger partial charge in [0.2, 0.25) is 5.95 Å². The molecule has 0 N–H and O–H groups in total. The molecular weight excluding hydrogens is 629 g/mol. The van der Waals surface area contributed by atoms with Gasteiger partial charge in [-0.05, 0) is 36.4 Å². The molecule has 10 rings (SSSR count). The van der Waals surface area contributed by atoms with E-state index in [0.29, 0.717) is 17.0 Å². The number of para-hydroxylation sites is 4. The van der Waals surface area contributed by atoms with E-state index in [-0.39, 0.29) is 11.5 Å². The van der Waals surface area contributed by atoms with Crippen molar-refractivity contribution >= 4 is 43.7 Å². The summed E-state index contributed by atoms with van der Waals surface area (Å²) in [5, 5.41) is 2.34. The molecule has 10 aromatic rings. The normalized spacial score (nSPS) is 11.6. The topological polar surface area (TPSA) is 70.5 Å². The molecule has 51 heavy (non-hydrogen) atoms. The van der Waals surface area contributed by atoms with Crippen LogP contribution in [0.2, 0.25) is 0 Å². The van der Waals surface area contributed by atoms with Gasteiger partial charge in [-0.3, -0.25) is 4.79 Å². The molecule has 0 saturated heterocycles. The monoisotopic (exact) mass is 656 g/mol. The van der Waals surface area contributed by atoms with Crippen LogP contribution in [-0.4, -0.2) is 28.7 Å². The average Bonchev–Trinajstić information content (AvgIpc) is 3.73. The van der Waals surface area contributed by atoms with Crippen LogP contribution in [0, 0.1) is 0 Å². The third-order valence-corrected chi connectivity index (χ3v) is 9.50. The number of nitrogens with zero attached hydrogens (tertiary/aromatic N) is 6. The molecular formula is C44H28N6O. The molecule has 7 nitrogen and oxygen atoms in total. The van der Waals surface area contributed by atoms with Gasteiger partial charge in [-0.1, -0.05) is 133 Å². The van der Waals surface area contributed by atoms with Gasteiger partial charge in [0, 0.05) is 33.3 Å². The Bertz CT molecular complexity index is 2910. The third-order valence-electron chi connectivity index (χ3n) is 9.50. The Labute approximate surface area is 292 Å². The number of hydrogen-bond acceptors (Lipinski definition) is 4. The molecule has 7 heteroatoms. The second-order valence-electron chi connectivity index (χ2n) is 12.5. The molecule has 0 saturated carbocycles. The second kappa shape index (κ2) is 11.5. The fourth-order valence-corrected chi connectivity index (χ4v) is 7.34. The predicted molar refractivity (Wildman–Crippen MR) is 205 cm³/mol. The maximum atomic E-state index is 15.5. The first-order valence-corrected chi connectivity index (χ1v) is 16.9. The molecule has 240 valence electrons. The van der Waals surface area contributed by atoms with Gasteiger partial charge in [-0.2, -0.15) is 9.97 Å². The van der Waals surface area contributed by atoms with Gasteiger partial charge in [0.25, 0.3) is 5.56 Å². The second-order valence-corrected chi connectivity index (χ2v) is 12.5. The molecule has 0 aliphatic heterocycles. The minimum atomic E-state index is -0.205. The smallest absolute Gasteiger partial charge is 0.268 e. The van der Waals surface area contributed by atoms with Gasteiger partial charge in [0.15, 0.2) is 11.6 Å². The van der Waals surface area contributed by atoms with E-state index < -0.39 is 0 Å². The summed E-state index contributed by atoms with van der Waals surface area (Å²) in [6.07, 6.45) is 0. The molecule has 0 spiro atoms. The first-order valence-electron chi connectivity index (χ1n) is 16.9. The molecule has 4 heterocycles. The van der Waals surface area contributed by atoms with Crippen LogP contribution >= 0.6 is 0 Å². The summed E-state index contributed by atoms with van der Waals surface area (Å²) < 4.78 is 6.19. The van der Waals surface area contributed by atoms with Crippen LogP contribution in [0.5, 0.6) is 0 Å². The Morgan fingerprint density at radius 1 is 0.373 bits per heavy atom. The van der Waals surface area contributed by atoms with Crippen LogP contribution in [0.4, 0.5) is 0 Å². The highest BCUT2D eigenvalue weighted by atomic mass is 16.1. The summed E-state index contributed by atoms with van der Waals surface area (Å²) in [6, 6.07) is 56.6. The van der Waals surface area contributed by atoms with E-state index in [9.17, 15) is 0 Å². The highest BCUT2D eigenvalue weighted by molar-refractivity contribution is 6.22. The quantitative estimate of drug-likeness (QED) is 0.185. The number of aromatic nitrogens is 6. The predicted octanol–water partition coefficient (Wildman–Crippen LogP) is 9.55. The summed E-state index contributed by atoms with van der Waals surface area (Å²) in [4.78, 5) is 30.6. The van der Waals surface area contributed by atoms with Gasteiger partial charge < -0.3 is 9.13 Å². The fourth-order valence-electron chi connectivity index (χ4n) is 7.34. The highest BCUT2D eigenvalue weighted by Gasteiger charge is 2.28. The van der Waals surface area contributed by atoms with Crippen molar-refractivity contribution in [2.45, 2.75) is 0 Å². The van der Waals surface area contributed by atoms with E-state index >= 15 is 4.79 Å². The van der Waals surface area contributed by atoms with Gasteiger partial charge in [-0.25, -0.2) is 9.55 Å². The van der Waals surface area contributed by atoms with Crippen LogP contribution in [0.3, 0.4) is 0 Å². The van der Waals surface area contributed by atoms with Crippen LogP contribution in [0.1, 0.15) is 0 Å². The van der Waals surface area contributed by atoms with Crippen molar-refractivity contribution in [2.75, 3.05) is 0 Å². The van der Waals surface area contributed by atoms with E-state index in [0.717, 1.165) is 60.9 Å². The van der Waals surface area contributed by atoms with Crippen LogP contribution in [-0.2, 0) is 0 Å². The maximum absolute atomic E-state index is 15.5. The lowest BCUT2D eigenvalue weighted by atomic mass is 10.1. The number of hydrogen-bond donors (Lipinski definition) is 0. The zero-order valence-corrected chi connectivity index (χ0v) is 27.3. The Morgan fingerprint density at radius 3 is 1.35 bits per heavy atom. The van der Waals surface area contributed by atoms with Crippen LogP contribution in [0.15, 0.2) is 175 Å². The zero-order chi connectivity index (χ0) is 33.9. The Morgan fingerprint density at radius 2 is 0.804 bits per heavy atom. The zero-order valence-electron chi connectivity index (χ0n) is 27.3. The number of benzene rings is 6. The molecule has 0 aliphatic carbocycles. The van der Waals surface area contributed by atoms with E-state index in [1.165, 1.54) is 0 Å². The summed E-state index contributed by atoms with van der Waals surface area (Å²) in [5.41, 5.74) is 7.71. The fraction of sp³-hybridized carbons (Fsp3) is 0. The van der Waals surface area contributed by atoms with Crippen molar-refractivity contribution in [3.05, 3.63) is 180 Å². The lowest BCUT2D eigenvalue weighted by Gasteiger charge is -2.15. The van der Waals surface area contributed by atoms with Crippen molar-refractivity contribution in [2.24, 2.45) is 0 Å². The molecule has 6 aromatic carbocycles. The summed E-state index contributed by atoms with van der Waals surface area (Å²) in [6.45, 7) is 0. The first kappa shape index (κ1) is 28.9. The number of fused-ring (bicyclic) bond motifs is 7. The Kier molecular flexibility index (Phi) is 6.50. The van der Waals surface area contributed by atoms with Crippen molar-refractivity contribution in [1.82, 2.24) is 28.7 Å². The molecule has 0 radical (unpaired) electrons. The molecule has 0 amide bonds. The molecule has 4 aromatic heterocycles. The Balaban J connectivity index is 1.47. The highest BCUT2D eigenvalue weighted by Crippen LogP contribution is 2.40. The minimum absolute atomic E-state index is 0.205. The number of pyridine rings is 1. The molecule has 0 bridgehead atoms. The molecule has 0 atom stereocenters. The van der Waals surface area contributed by atoms with Gasteiger partial charge >= 0.3 is 0 Å². The summed E-state index contributed by atoms with van der Waals surface area (Å²) in [5.74, 6) is 1.23. The SMILES string of the molecule is O=c1c2c3ccccc3n(-c3ccccc3)c2c2c(c3ccccc3n2-c2ccccc2)n1-c1nc(-c2ccccc2)nc(-c2ccccc2)n1. The summed E-state index contributed by atoms with van der Waals surface area (Å²) >= 11 is 0. The molecule has 0 fully saturated rings. The van der Waals surface area contributed by atoms with Crippen molar-refractivity contribution in [1.29, 1.82) is 0 Å². The largest absolute Gasteiger partial charge is 0.307 e. The van der Waals surface area contributed by atoms with Crippen molar-refractivity contribution in [3.63, 3.8) is 0 Å². The standard InChI is InChI=1S/C44H28N6O/c51-43-37-33-25-13-15-27-35(33)48(31-21-9-3-10-22-31)39(37)40-38(34-26-14-16-28-36(34)49(40)32-23-11-4-12-24-32)50(43)44-46-41(29-17-5-1-6-18-29)45-42(47-44)30-19-7-2-8-20-30/h1-28H. The van der Waals surface area contributed by atoms with Gasteiger partial charge in [0.05, 0.1) is 33.0 Å². The van der Waals surface area contributed by atoms with E-state index in [1.54, 1.807) is 4.57 Å². The van der Waals surface area contributed by atoms with Crippen molar-refractivity contribution in [3.8, 4) is 40.1 Å². The number of rotatable bonds is 5. The lowest BCUT2D eigenvalue weighted by Crippen LogP contribution is -2.22. The lowest BCUT2D eigenvalue weighted by molar-refractivity contribution is 0.908. The summed E-state index contributed by atoms with van der Waals surface area (Å²) in [7, 11) is 0. The first-order chi connectivity index (χ1) is 25.3. The van der Waals surface area contributed by atoms with E-state index in [1.807, 2.05) is 127 Å². The third kappa shape index (κ3) is 4.45. The Hall–Kier alpha value is -7.12. The van der Waals surface area contributed by atoms with Crippen LogP contribution in [0.25, 0.3) is 83.8 Å². The van der Waals surface area contributed by atoms with Crippen LogP contribution < -0.4 is 5.56 Å². The maximum Gasteiger partial charge on any atom is 0.268 e. The minimum Gasteiger partial charge on any atom is -0.307 e. The average molecular weight is 657 g/mol.